The summed E-state index contributed by atoms with van der Waals surface area (Å²) in [6.45, 7) is 10.6. The van der Waals surface area contributed by atoms with Crippen LogP contribution in [0.2, 0.25) is 0 Å². The van der Waals surface area contributed by atoms with E-state index in [4.69, 9.17) is 21.2 Å². The van der Waals surface area contributed by atoms with E-state index in [9.17, 15) is 4.39 Å². The molecule has 202 valence electrons. The summed E-state index contributed by atoms with van der Waals surface area (Å²) in [4.78, 5) is 4.80. The Balaban J connectivity index is 0.000000982. The maximum atomic E-state index is 14.0. The van der Waals surface area contributed by atoms with Gasteiger partial charge in [0.2, 0.25) is 0 Å². The third kappa shape index (κ3) is 10.5. The molecule has 36 heavy (non-hydrogen) atoms. The van der Waals surface area contributed by atoms with Crippen LogP contribution < -0.4 is 16.4 Å². The smallest absolute Gasteiger partial charge is 0.163 e. The molecule has 8 nitrogen and oxygen atoms in total. The first-order valence-electron chi connectivity index (χ1n) is 13.0. The number of anilines is 2. The van der Waals surface area contributed by atoms with E-state index in [1.54, 1.807) is 16.6 Å². The first kappa shape index (κ1) is 31.3. The average molecular weight is 505 g/mol. The Bertz CT molecular complexity index is 978. The predicted molar refractivity (Wildman–Crippen MR) is 147 cm³/mol. The Labute approximate surface area is 215 Å². The Kier molecular flexibility index (Phi) is 16.1. The molecule has 0 bridgehead atoms. The molecule has 0 saturated heterocycles. The maximum absolute atomic E-state index is 14.0. The summed E-state index contributed by atoms with van der Waals surface area (Å²) in [5.74, 6) is 1.70. The van der Waals surface area contributed by atoms with E-state index in [-0.39, 0.29) is 5.82 Å². The molecule has 9 heteroatoms. The number of halogens is 1. The molecule has 0 saturated carbocycles. The molecule has 2 heterocycles. The van der Waals surface area contributed by atoms with Crippen molar-refractivity contribution in [3.05, 3.63) is 53.5 Å². The molecule has 0 amide bonds. The molecule has 2 aromatic heterocycles. The lowest BCUT2D eigenvalue weighted by Gasteiger charge is -2.13. The van der Waals surface area contributed by atoms with Crippen LogP contribution in [-0.4, -0.2) is 38.2 Å². The second-order valence-electron chi connectivity index (χ2n) is 8.94. The number of unbranched alkanes of at least 4 members (excludes halogenated alkanes) is 5. The van der Waals surface area contributed by atoms with Gasteiger partial charge in [-0.1, -0.05) is 78.0 Å². The summed E-state index contributed by atoms with van der Waals surface area (Å²) >= 11 is 0. The molecule has 0 radical (unpaired) electrons. The van der Waals surface area contributed by atoms with Gasteiger partial charge in [-0.3, -0.25) is 10.5 Å². The second kappa shape index (κ2) is 18.5. The van der Waals surface area contributed by atoms with Gasteiger partial charge in [-0.25, -0.2) is 9.37 Å². The van der Waals surface area contributed by atoms with Crippen LogP contribution in [0.4, 0.5) is 16.0 Å². The SMILES string of the molecule is CC(C)c1cnn2c(NCc3ccccc3F)cc(NCCCCCCCN)nc12.CCCC.OO. The highest BCUT2D eigenvalue weighted by Gasteiger charge is 2.14. The molecular weight excluding hydrogens is 459 g/mol. The summed E-state index contributed by atoms with van der Waals surface area (Å²) in [7, 11) is 0. The molecule has 0 unspecified atom stereocenters. The topological polar surface area (TPSA) is 121 Å². The summed E-state index contributed by atoms with van der Waals surface area (Å²) in [6, 6.07) is 8.74. The normalized spacial score (nSPS) is 10.5. The van der Waals surface area contributed by atoms with Crippen molar-refractivity contribution < 1.29 is 14.9 Å². The minimum Gasteiger partial charge on any atom is -0.370 e. The number of nitrogens with two attached hydrogens (primary N) is 1. The number of fused-ring (bicyclic) bond motifs is 1. The van der Waals surface area contributed by atoms with E-state index in [2.05, 4.69) is 43.4 Å². The molecule has 3 aromatic rings. The highest BCUT2D eigenvalue weighted by Crippen LogP contribution is 2.24. The first-order chi connectivity index (χ1) is 17.5. The molecule has 1 aromatic carbocycles. The summed E-state index contributed by atoms with van der Waals surface area (Å²) in [6.07, 6.45) is 10.3. The molecule has 0 spiro atoms. The quantitative estimate of drug-likeness (QED) is 0.0991. The lowest BCUT2D eigenvalue weighted by atomic mass is 10.1. The minimum atomic E-state index is -0.216. The number of hydrogen-bond acceptors (Lipinski definition) is 7. The Hall–Kier alpha value is -2.75. The van der Waals surface area contributed by atoms with Gasteiger partial charge in [0.15, 0.2) is 5.65 Å². The number of benzene rings is 1. The van der Waals surface area contributed by atoms with Crippen molar-refractivity contribution in [2.45, 2.75) is 85.1 Å². The van der Waals surface area contributed by atoms with Crippen molar-refractivity contribution in [3.63, 3.8) is 0 Å². The molecular formula is C27H45FN6O2. The molecule has 0 aliphatic carbocycles. The second-order valence-corrected chi connectivity index (χ2v) is 8.94. The standard InChI is InChI=1S/C23H33FN6.C4H10.H2O2/c1-17(2)19-16-28-30-22(27-15-18-10-6-7-11-20(18)24)14-21(29-23(19)30)26-13-9-5-3-4-8-12-25;1-3-4-2;1-2/h6-7,10-11,14,16-17,27H,3-5,8-9,12-13,15,25H2,1-2H3,(H,26,29);3-4H2,1-2H3;1-2H. The zero-order chi connectivity index (χ0) is 26.8. The number of hydrogen-bond donors (Lipinski definition) is 5. The van der Waals surface area contributed by atoms with E-state index in [0.717, 1.165) is 48.8 Å². The van der Waals surface area contributed by atoms with Crippen molar-refractivity contribution in [1.29, 1.82) is 0 Å². The lowest BCUT2D eigenvalue weighted by Crippen LogP contribution is -2.10. The zero-order valence-electron chi connectivity index (χ0n) is 22.3. The highest BCUT2D eigenvalue weighted by molar-refractivity contribution is 5.61. The van der Waals surface area contributed by atoms with Crippen LogP contribution in [0.1, 0.15) is 89.7 Å². The first-order valence-corrected chi connectivity index (χ1v) is 13.0. The number of aromatic nitrogens is 3. The van der Waals surface area contributed by atoms with Gasteiger partial charge in [0.1, 0.15) is 17.5 Å². The third-order valence-electron chi connectivity index (χ3n) is 5.73. The van der Waals surface area contributed by atoms with Crippen LogP contribution in [0.3, 0.4) is 0 Å². The Morgan fingerprint density at radius 2 is 1.67 bits per heavy atom. The van der Waals surface area contributed by atoms with Crippen molar-refractivity contribution in [3.8, 4) is 0 Å². The van der Waals surface area contributed by atoms with E-state index in [1.165, 1.54) is 38.2 Å². The van der Waals surface area contributed by atoms with Crippen LogP contribution in [0.5, 0.6) is 0 Å². The lowest BCUT2D eigenvalue weighted by molar-refractivity contribution is -0.176. The van der Waals surface area contributed by atoms with Crippen molar-refractivity contribution >= 4 is 17.3 Å². The maximum Gasteiger partial charge on any atom is 0.163 e. The van der Waals surface area contributed by atoms with E-state index in [1.807, 2.05) is 18.3 Å². The molecule has 0 atom stereocenters. The zero-order valence-corrected chi connectivity index (χ0v) is 22.3. The number of nitrogens with one attached hydrogen (secondary N) is 2. The van der Waals surface area contributed by atoms with Gasteiger partial charge in [0, 0.05) is 30.3 Å². The van der Waals surface area contributed by atoms with Gasteiger partial charge in [0.25, 0.3) is 0 Å². The average Bonchev–Trinajstić information content (AvgIpc) is 3.33. The Morgan fingerprint density at radius 3 is 2.31 bits per heavy atom. The van der Waals surface area contributed by atoms with Crippen LogP contribution in [0.15, 0.2) is 36.5 Å². The molecule has 3 rings (SSSR count). The fraction of sp³-hybridized carbons (Fsp3) is 0.556. The monoisotopic (exact) mass is 504 g/mol. The minimum absolute atomic E-state index is 0.216. The van der Waals surface area contributed by atoms with E-state index >= 15 is 0 Å². The number of rotatable bonds is 13. The van der Waals surface area contributed by atoms with Gasteiger partial charge >= 0.3 is 0 Å². The van der Waals surface area contributed by atoms with Gasteiger partial charge < -0.3 is 16.4 Å². The molecule has 0 aliphatic rings. The van der Waals surface area contributed by atoms with Gasteiger partial charge in [0.05, 0.1) is 6.20 Å². The fourth-order valence-electron chi connectivity index (χ4n) is 3.45. The van der Waals surface area contributed by atoms with Gasteiger partial charge in [-0.15, -0.1) is 0 Å². The van der Waals surface area contributed by atoms with Crippen molar-refractivity contribution in [2.75, 3.05) is 23.7 Å². The van der Waals surface area contributed by atoms with Crippen LogP contribution in [0.25, 0.3) is 5.65 Å². The van der Waals surface area contributed by atoms with Crippen molar-refractivity contribution in [1.82, 2.24) is 14.6 Å². The van der Waals surface area contributed by atoms with Gasteiger partial charge in [-0.05, 0) is 31.4 Å². The third-order valence-corrected chi connectivity index (χ3v) is 5.73. The highest BCUT2D eigenvalue weighted by atomic mass is 19.1. The van der Waals surface area contributed by atoms with Gasteiger partial charge in [-0.2, -0.15) is 9.61 Å². The number of nitrogens with zero attached hydrogens (tertiary/aromatic N) is 3. The fourth-order valence-corrected chi connectivity index (χ4v) is 3.45. The van der Waals surface area contributed by atoms with Crippen LogP contribution >= 0.6 is 0 Å². The van der Waals surface area contributed by atoms with E-state index in [0.29, 0.717) is 18.0 Å². The Morgan fingerprint density at radius 1 is 1.00 bits per heavy atom. The summed E-state index contributed by atoms with van der Waals surface area (Å²) in [5.41, 5.74) is 8.08. The summed E-state index contributed by atoms with van der Waals surface area (Å²) < 4.78 is 15.8. The van der Waals surface area contributed by atoms with E-state index < -0.39 is 0 Å². The van der Waals surface area contributed by atoms with Crippen molar-refractivity contribution in [2.24, 2.45) is 5.73 Å². The molecule has 0 fully saturated rings. The predicted octanol–water partition coefficient (Wildman–Crippen LogP) is 6.75. The summed E-state index contributed by atoms with van der Waals surface area (Å²) in [5, 5.41) is 23.3. The van der Waals surface area contributed by atoms with Crippen LogP contribution in [0, 0.1) is 5.82 Å². The molecule has 6 N–H and O–H groups in total. The van der Waals surface area contributed by atoms with Crippen LogP contribution in [-0.2, 0) is 6.54 Å². The molecule has 0 aliphatic heterocycles. The largest absolute Gasteiger partial charge is 0.370 e.